The Kier molecular flexibility index (Phi) is 5.25. The molecule has 4 rings (SSSR count). The lowest BCUT2D eigenvalue weighted by Gasteiger charge is -2.13. The van der Waals surface area contributed by atoms with E-state index in [1.54, 1.807) is 25.3 Å². The third-order valence-corrected chi connectivity index (χ3v) is 6.10. The zero-order valence-electron chi connectivity index (χ0n) is 16.8. The van der Waals surface area contributed by atoms with E-state index in [1.807, 2.05) is 38.1 Å². The van der Waals surface area contributed by atoms with Crippen LogP contribution in [0.2, 0.25) is 0 Å². The highest BCUT2D eigenvalue weighted by molar-refractivity contribution is 7.18. The van der Waals surface area contributed by atoms with Gasteiger partial charge in [-0.05, 0) is 43.7 Å². The number of H-pyrrole nitrogens is 1. The van der Waals surface area contributed by atoms with Crippen molar-refractivity contribution in [2.75, 3.05) is 7.11 Å². The van der Waals surface area contributed by atoms with Crippen LogP contribution in [-0.2, 0) is 6.61 Å². The Balaban J connectivity index is 1.66. The lowest BCUT2D eigenvalue weighted by molar-refractivity contribution is 0.284. The van der Waals surface area contributed by atoms with Crippen molar-refractivity contribution < 1.29 is 9.47 Å². The summed E-state index contributed by atoms with van der Waals surface area (Å²) in [7, 11) is 1.56. The maximum Gasteiger partial charge on any atom is 0.260 e. The average Bonchev–Trinajstić information content (AvgIpc) is 3.06. The third-order valence-electron chi connectivity index (χ3n) is 5.00. The van der Waals surface area contributed by atoms with Gasteiger partial charge >= 0.3 is 0 Å². The summed E-state index contributed by atoms with van der Waals surface area (Å²) in [5.41, 5.74) is 2.91. The second kappa shape index (κ2) is 8.01. The van der Waals surface area contributed by atoms with Gasteiger partial charge in [-0.25, -0.2) is 4.98 Å². The minimum Gasteiger partial charge on any atom is -0.493 e. The smallest absolute Gasteiger partial charge is 0.260 e. The van der Waals surface area contributed by atoms with Crippen LogP contribution in [0.15, 0.2) is 47.3 Å². The monoisotopic (exact) mass is 417 g/mol. The van der Waals surface area contributed by atoms with Gasteiger partial charge in [0.05, 0.1) is 24.1 Å². The zero-order valence-corrected chi connectivity index (χ0v) is 17.6. The number of nitriles is 1. The Hall–Kier alpha value is -3.63. The molecule has 0 saturated heterocycles. The molecule has 0 bridgehead atoms. The van der Waals surface area contributed by atoms with Crippen LogP contribution in [-0.4, -0.2) is 17.1 Å². The van der Waals surface area contributed by atoms with Crippen LogP contribution < -0.4 is 15.0 Å². The third kappa shape index (κ3) is 3.53. The predicted molar refractivity (Wildman–Crippen MR) is 117 cm³/mol. The van der Waals surface area contributed by atoms with E-state index >= 15 is 0 Å². The van der Waals surface area contributed by atoms with Gasteiger partial charge in [0.1, 0.15) is 17.3 Å². The van der Waals surface area contributed by atoms with Gasteiger partial charge in [0.15, 0.2) is 11.5 Å². The molecule has 1 N–H and O–H groups in total. The topological polar surface area (TPSA) is 88.0 Å². The fraction of sp³-hybridized carbons (Fsp3) is 0.174. The quantitative estimate of drug-likeness (QED) is 0.507. The van der Waals surface area contributed by atoms with Crippen LogP contribution in [0.25, 0.3) is 21.6 Å². The number of aromatic amines is 1. The van der Waals surface area contributed by atoms with E-state index < -0.39 is 0 Å². The molecule has 0 aliphatic heterocycles. The first kappa shape index (κ1) is 19.7. The van der Waals surface area contributed by atoms with Gasteiger partial charge in [-0.3, -0.25) is 4.79 Å². The normalized spacial score (nSPS) is 10.7. The molecule has 2 heterocycles. The number of rotatable bonds is 5. The predicted octanol–water partition coefficient (Wildman–Crippen LogP) is 4.73. The largest absolute Gasteiger partial charge is 0.493 e. The number of benzene rings is 2. The summed E-state index contributed by atoms with van der Waals surface area (Å²) < 4.78 is 11.4. The van der Waals surface area contributed by atoms with Crippen molar-refractivity contribution in [3.8, 4) is 29.0 Å². The van der Waals surface area contributed by atoms with Crippen LogP contribution in [0.1, 0.15) is 21.6 Å². The van der Waals surface area contributed by atoms with Crippen molar-refractivity contribution >= 4 is 21.6 Å². The molecule has 2 aromatic carbocycles. The molecule has 0 atom stereocenters. The van der Waals surface area contributed by atoms with Gasteiger partial charge in [-0.15, -0.1) is 11.3 Å². The van der Waals surface area contributed by atoms with Crippen LogP contribution in [0, 0.1) is 25.2 Å². The number of hydrogen-bond donors (Lipinski definition) is 1. The number of nitrogens with zero attached hydrogens (tertiary/aromatic N) is 2. The van der Waals surface area contributed by atoms with E-state index in [-0.39, 0.29) is 12.2 Å². The first-order valence-electron chi connectivity index (χ1n) is 9.31. The zero-order chi connectivity index (χ0) is 21.3. The first-order valence-corrected chi connectivity index (χ1v) is 10.1. The highest BCUT2D eigenvalue weighted by atomic mass is 32.1. The molecule has 150 valence electrons. The minimum atomic E-state index is -0.149. The maximum atomic E-state index is 12.6. The molecule has 0 radical (unpaired) electrons. The molecule has 0 unspecified atom stereocenters. The van der Waals surface area contributed by atoms with Crippen molar-refractivity contribution in [1.29, 1.82) is 5.26 Å². The number of aryl methyl sites for hydroxylation is 2. The Morgan fingerprint density at radius 1 is 1.17 bits per heavy atom. The summed E-state index contributed by atoms with van der Waals surface area (Å²) >= 11 is 1.51. The van der Waals surface area contributed by atoms with Gasteiger partial charge in [-0.2, -0.15) is 5.26 Å². The van der Waals surface area contributed by atoms with Gasteiger partial charge < -0.3 is 14.5 Å². The summed E-state index contributed by atoms with van der Waals surface area (Å²) in [6, 6.07) is 14.8. The summed E-state index contributed by atoms with van der Waals surface area (Å²) in [6.45, 7) is 4.17. The van der Waals surface area contributed by atoms with Crippen molar-refractivity contribution in [3.63, 3.8) is 0 Å². The Labute approximate surface area is 177 Å². The fourth-order valence-electron chi connectivity index (χ4n) is 3.24. The molecule has 0 spiro atoms. The van der Waals surface area contributed by atoms with Gasteiger partial charge in [0.2, 0.25) is 0 Å². The Morgan fingerprint density at radius 3 is 2.73 bits per heavy atom. The summed E-state index contributed by atoms with van der Waals surface area (Å²) in [6.07, 6.45) is 0. The lowest BCUT2D eigenvalue weighted by Crippen LogP contribution is -2.09. The summed E-state index contributed by atoms with van der Waals surface area (Å²) in [5, 5.41) is 9.87. The molecular formula is C23H19N3O3S. The number of aromatic nitrogens is 2. The Bertz CT molecular complexity index is 1350. The number of nitrogens with one attached hydrogen (secondary N) is 1. The van der Waals surface area contributed by atoms with Crippen molar-refractivity contribution in [3.05, 3.63) is 74.4 Å². The molecule has 0 aliphatic rings. The molecule has 2 aromatic heterocycles. The van der Waals surface area contributed by atoms with E-state index in [4.69, 9.17) is 9.47 Å². The van der Waals surface area contributed by atoms with Crippen molar-refractivity contribution in [2.24, 2.45) is 0 Å². The van der Waals surface area contributed by atoms with Crippen molar-refractivity contribution in [1.82, 2.24) is 9.97 Å². The molecular weight excluding hydrogens is 398 g/mol. The van der Waals surface area contributed by atoms with E-state index in [9.17, 15) is 10.1 Å². The van der Waals surface area contributed by atoms with E-state index in [2.05, 4.69) is 16.0 Å². The van der Waals surface area contributed by atoms with Crippen LogP contribution >= 0.6 is 11.3 Å². The van der Waals surface area contributed by atoms with E-state index in [1.165, 1.54) is 11.3 Å². The van der Waals surface area contributed by atoms with Crippen LogP contribution in [0.4, 0.5) is 0 Å². The second-order valence-electron chi connectivity index (χ2n) is 6.80. The first-order chi connectivity index (χ1) is 14.5. The fourth-order valence-corrected chi connectivity index (χ4v) is 4.27. The van der Waals surface area contributed by atoms with Gasteiger partial charge in [0, 0.05) is 16.0 Å². The average molecular weight is 417 g/mol. The lowest BCUT2D eigenvalue weighted by atomic mass is 10.1. The molecule has 6 nitrogen and oxygen atoms in total. The highest BCUT2D eigenvalue weighted by Gasteiger charge is 2.15. The maximum absolute atomic E-state index is 12.6. The number of methoxy groups -OCH3 is 1. The SMILES string of the molecule is COc1cc(-c2nc3sc(C)c(C)c3c(=O)[nH]2)ccc1OCc1ccccc1C#N. The number of fused-ring (bicyclic) bond motifs is 1. The molecule has 7 heteroatoms. The molecule has 4 aromatic rings. The summed E-state index contributed by atoms with van der Waals surface area (Å²) in [4.78, 5) is 21.9. The summed E-state index contributed by atoms with van der Waals surface area (Å²) in [5.74, 6) is 1.54. The van der Waals surface area contributed by atoms with Gasteiger partial charge in [-0.1, -0.05) is 18.2 Å². The minimum absolute atomic E-state index is 0.149. The van der Waals surface area contributed by atoms with Gasteiger partial charge in [0.25, 0.3) is 5.56 Å². The van der Waals surface area contributed by atoms with Crippen LogP contribution in [0.3, 0.4) is 0 Å². The molecule has 0 fully saturated rings. The standard InChI is InChI=1S/C23H19N3O3S/c1-13-14(2)30-23-20(13)22(27)25-21(26-23)15-8-9-18(19(10-15)28-3)29-12-17-7-5-4-6-16(17)11-24/h4-10H,12H2,1-3H3,(H,25,26,27). The molecule has 0 aliphatic carbocycles. The van der Waals surface area contributed by atoms with E-state index in [0.717, 1.165) is 26.4 Å². The van der Waals surface area contributed by atoms with Crippen LogP contribution in [0.5, 0.6) is 11.5 Å². The van der Waals surface area contributed by atoms with Crippen molar-refractivity contribution in [2.45, 2.75) is 20.5 Å². The van der Waals surface area contributed by atoms with E-state index in [0.29, 0.717) is 28.3 Å². The molecule has 0 amide bonds. The number of thiophene rings is 1. The number of hydrogen-bond acceptors (Lipinski definition) is 6. The highest BCUT2D eigenvalue weighted by Crippen LogP contribution is 2.33. The molecule has 30 heavy (non-hydrogen) atoms. The Morgan fingerprint density at radius 2 is 1.97 bits per heavy atom. The molecule has 0 saturated carbocycles. The second-order valence-corrected chi connectivity index (χ2v) is 8.00. The number of ether oxygens (including phenoxy) is 2.